The van der Waals surface area contributed by atoms with Gasteiger partial charge in [0, 0.05) is 42.3 Å². The summed E-state index contributed by atoms with van der Waals surface area (Å²) in [4.78, 5) is 17.1. The highest BCUT2D eigenvalue weighted by molar-refractivity contribution is 6.03. The molecule has 0 radical (unpaired) electrons. The van der Waals surface area contributed by atoms with E-state index in [2.05, 4.69) is 20.5 Å². The van der Waals surface area contributed by atoms with Crippen molar-refractivity contribution < 1.29 is 14.3 Å². The number of aromatic nitrogens is 5. The smallest absolute Gasteiger partial charge is 0.276 e. The number of nitrogens with one attached hydrogen (secondary N) is 1. The van der Waals surface area contributed by atoms with E-state index in [-0.39, 0.29) is 11.6 Å². The molecule has 0 spiro atoms. The van der Waals surface area contributed by atoms with E-state index < -0.39 is 0 Å². The van der Waals surface area contributed by atoms with Gasteiger partial charge in [0.1, 0.15) is 0 Å². The SMILES string of the molecule is COc1ccc(NC(=O)c2cc3nccc(-c4cnn(C)c4C)n3n2)cc1OC. The predicted molar refractivity (Wildman–Crippen MR) is 107 cm³/mol. The van der Waals surface area contributed by atoms with Gasteiger partial charge in [0.25, 0.3) is 5.91 Å². The molecule has 9 nitrogen and oxygen atoms in total. The molecule has 0 saturated heterocycles. The van der Waals surface area contributed by atoms with E-state index in [0.717, 1.165) is 17.0 Å². The molecule has 0 aliphatic carbocycles. The van der Waals surface area contributed by atoms with Crippen LogP contribution in [0.15, 0.2) is 42.7 Å². The predicted octanol–water partition coefficient (Wildman–Crippen LogP) is 2.71. The second-order valence-electron chi connectivity index (χ2n) is 6.42. The van der Waals surface area contributed by atoms with Gasteiger partial charge in [0.05, 0.1) is 26.1 Å². The lowest BCUT2D eigenvalue weighted by Crippen LogP contribution is -2.13. The average molecular weight is 392 g/mol. The van der Waals surface area contributed by atoms with Gasteiger partial charge < -0.3 is 14.8 Å². The van der Waals surface area contributed by atoms with Crippen LogP contribution in [-0.4, -0.2) is 44.5 Å². The zero-order valence-electron chi connectivity index (χ0n) is 16.5. The molecule has 9 heteroatoms. The highest BCUT2D eigenvalue weighted by Crippen LogP contribution is 2.30. The van der Waals surface area contributed by atoms with Crippen molar-refractivity contribution in [1.82, 2.24) is 24.4 Å². The molecule has 148 valence electrons. The van der Waals surface area contributed by atoms with E-state index in [1.165, 1.54) is 0 Å². The second kappa shape index (κ2) is 7.27. The van der Waals surface area contributed by atoms with Crippen LogP contribution in [0.3, 0.4) is 0 Å². The fraction of sp³-hybridized carbons (Fsp3) is 0.200. The van der Waals surface area contributed by atoms with Gasteiger partial charge in [-0.05, 0) is 25.1 Å². The zero-order chi connectivity index (χ0) is 20.5. The first-order valence-electron chi connectivity index (χ1n) is 8.89. The highest BCUT2D eigenvalue weighted by atomic mass is 16.5. The Kier molecular flexibility index (Phi) is 4.63. The molecule has 1 N–H and O–H groups in total. The van der Waals surface area contributed by atoms with Gasteiger partial charge in [0.2, 0.25) is 0 Å². The lowest BCUT2D eigenvalue weighted by Gasteiger charge is -2.09. The topological polar surface area (TPSA) is 95.6 Å². The monoisotopic (exact) mass is 392 g/mol. The minimum atomic E-state index is -0.350. The average Bonchev–Trinajstić information content (AvgIpc) is 3.31. The van der Waals surface area contributed by atoms with Gasteiger partial charge in [-0.2, -0.15) is 10.2 Å². The summed E-state index contributed by atoms with van der Waals surface area (Å²) in [6.07, 6.45) is 3.46. The molecule has 0 aliphatic heterocycles. The van der Waals surface area contributed by atoms with Crippen LogP contribution in [0.4, 0.5) is 5.69 Å². The summed E-state index contributed by atoms with van der Waals surface area (Å²) >= 11 is 0. The number of benzene rings is 1. The van der Waals surface area contributed by atoms with Crippen LogP contribution in [0.1, 0.15) is 16.2 Å². The van der Waals surface area contributed by atoms with Crippen molar-refractivity contribution in [3.8, 4) is 22.8 Å². The van der Waals surface area contributed by atoms with Gasteiger partial charge in [-0.25, -0.2) is 9.50 Å². The molecule has 3 aromatic heterocycles. The van der Waals surface area contributed by atoms with E-state index >= 15 is 0 Å². The van der Waals surface area contributed by atoms with Crippen molar-refractivity contribution in [2.24, 2.45) is 7.05 Å². The van der Waals surface area contributed by atoms with Crippen LogP contribution in [-0.2, 0) is 7.05 Å². The Morgan fingerprint density at radius 2 is 1.90 bits per heavy atom. The molecule has 4 aromatic rings. The summed E-state index contributed by atoms with van der Waals surface area (Å²) in [6.45, 7) is 1.97. The third-order valence-electron chi connectivity index (χ3n) is 4.74. The number of aryl methyl sites for hydroxylation is 1. The molecule has 0 fully saturated rings. The van der Waals surface area contributed by atoms with Gasteiger partial charge >= 0.3 is 0 Å². The third-order valence-corrected chi connectivity index (χ3v) is 4.74. The lowest BCUT2D eigenvalue weighted by molar-refractivity contribution is 0.102. The van der Waals surface area contributed by atoms with Crippen LogP contribution < -0.4 is 14.8 Å². The van der Waals surface area contributed by atoms with E-state index in [0.29, 0.717) is 22.8 Å². The number of ether oxygens (including phenoxy) is 2. The maximum atomic E-state index is 12.8. The molecule has 0 atom stereocenters. The van der Waals surface area contributed by atoms with E-state index in [1.807, 2.05) is 20.0 Å². The Morgan fingerprint density at radius 3 is 2.59 bits per heavy atom. The number of anilines is 1. The number of rotatable bonds is 5. The Morgan fingerprint density at radius 1 is 1.10 bits per heavy atom. The van der Waals surface area contributed by atoms with E-state index in [1.54, 1.807) is 60.1 Å². The van der Waals surface area contributed by atoms with Crippen LogP contribution in [0.25, 0.3) is 16.9 Å². The number of methoxy groups -OCH3 is 2. The zero-order valence-corrected chi connectivity index (χ0v) is 16.5. The molecule has 0 aliphatic rings. The second-order valence-corrected chi connectivity index (χ2v) is 6.42. The van der Waals surface area contributed by atoms with Crippen molar-refractivity contribution in [2.75, 3.05) is 19.5 Å². The van der Waals surface area contributed by atoms with Crippen molar-refractivity contribution in [1.29, 1.82) is 0 Å². The number of amides is 1. The fourth-order valence-corrected chi connectivity index (χ4v) is 3.07. The van der Waals surface area contributed by atoms with Crippen molar-refractivity contribution in [3.63, 3.8) is 0 Å². The summed E-state index contributed by atoms with van der Waals surface area (Å²) in [7, 11) is 4.98. The molecular weight excluding hydrogens is 372 g/mol. The molecule has 3 heterocycles. The number of hydrogen-bond donors (Lipinski definition) is 1. The quantitative estimate of drug-likeness (QED) is 0.561. The summed E-state index contributed by atoms with van der Waals surface area (Å²) in [5.74, 6) is 0.756. The number of hydrogen-bond acceptors (Lipinski definition) is 6. The summed E-state index contributed by atoms with van der Waals surface area (Å²) in [5.41, 5.74) is 4.12. The highest BCUT2D eigenvalue weighted by Gasteiger charge is 2.17. The Balaban J connectivity index is 1.67. The number of carbonyl (C=O) groups is 1. The Bertz CT molecular complexity index is 1210. The Hall–Kier alpha value is -3.88. The molecule has 1 aromatic carbocycles. The molecule has 0 saturated carbocycles. The van der Waals surface area contributed by atoms with Crippen molar-refractivity contribution >= 4 is 17.2 Å². The summed E-state index contributed by atoms with van der Waals surface area (Å²) in [5, 5.41) is 11.6. The molecule has 29 heavy (non-hydrogen) atoms. The normalized spacial score (nSPS) is 10.9. The van der Waals surface area contributed by atoms with Gasteiger partial charge in [-0.15, -0.1) is 0 Å². The van der Waals surface area contributed by atoms with Gasteiger partial charge in [0.15, 0.2) is 22.8 Å². The van der Waals surface area contributed by atoms with E-state index in [9.17, 15) is 4.79 Å². The number of nitrogens with zero attached hydrogens (tertiary/aromatic N) is 5. The first-order valence-corrected chi connectivity index (χ1v) is 8.89. The standard InChI is InChI=1S/C20H20N6O3/c1-12-14(11-22-25(12)2)16-7-8-21-19-10-15(24-26(16)19)20(27)23-13-5-6-17(28-3)18(9-13)29-4/h5-11H,1-4H3,(H,23,27). The first kappa shape index (κ1) is 18.5. The van der Waals surface area contributed by atoms with Crippen LogP contribution in [0.2, 0.25) is 0 Å². The first-order chi connectivity index (χ1) is 14.0. The number of carbonyl (C=O) groups excluding carboxylic acids is 1. The van der Waals surface area contributed by atoms with E-state index in [4.69, 9.17) is 9.47 Å². The fourth-order valence-electron chi connectivity index (χ4n) is 3.07. The van der Waals surface area contributed by atoms with Crippen molar-refractivity contribution in [2.45, 2.75) is 6.92 Å². The van der Waals surface area contributed by atoms with Crippen LogP contribution in [0, 0.1) is 6.92 Å². The van der Waals surface area contributed by atoms with Gasteiger partial charge in [-0.3, -0.25) is 9.48 Å². The minimum absolute atomic E-state index is 0.251. The molecule has 0 bridgehead atoms. The number of fused-ring (bicyclic) bond motifs is 1. The maximum Gasteiger partial charge on any atom is 0.276 e. The third kappa shape index (κ3) is 3.27. The Labute approximate surface area is 166 Å². The molecule has 0 unspecified atom stereocenters. The largest absolute Gasteiger partial charge is 0.493 e. The van der Waals surface area contributed by atoms with Crippen LogP contribution in [0.5, 0.6) is 11.5 Å². The molecule has 4 rings (SSSR count). The lowest BCUT2D eigenvalue weighted by atomic mass is 10.2. The van der Waals surface area contributed by atoms with Crippen molar-refractivity contribution in [3.05, 3.63) is 54.1 Å². The maximum absolute atomic E-state index is 12.8. The van der Waals surface area contributed by atoms with Crippen LogP contribution >= 0.6 is 0 Å². The molecule has 1 amide bonds. The van der Waals surface area contributed by atoms with Gasteiger partial charge in [-0.1, -0.05) is 0 Å². The minimum Gasteiger partial charge on any atom is -0.493 e. The summed E-state index contributed by atoms with van der Waals surface area (Å²) in [6, 6.07) is 8.64. The molecular formula is C20H20N6O3. The summed E-state index contributed by atoms with van der Waals surface area (Å²) < 4.78 is 13.9.